The number of likely N-dealkylation sites (tertiary alicyclic amines) is 1. The maximum Gasteiger partial charge on any atom is 0.256 e. The van der Waals surface area contributed by atoms with Gasteiger partial charge in [-0.1, -0.05) is 0 Å². The third-order valence-corrected chi connectivity index (χ3v) is 5.99. The summed E-state index contributed by atoms with van der Waals surface area (Å²) in [6.07, 6.45) is 5.86. The van der Waals surface area contributed by atoms with Crippen molar-refractivity contribution in [2.45, 2.75) is 6.54 Å². The first kappa shape index (κ1) is 18.9. The Hall–Kier alpha value is -3.14. The van der Waals surface area contributed by atoms with E-state index in [0.29, 0.717) is 38.1 Å². The van der Waals surface area contributed by atoms with E-state index in [1.165, 1.54) is 12.3 Å². The van der Waals surface area contributed by atoms with Crippen LogP contribution in [0.4, 0.5) is 10.2 Å². The van der Waals surface area contributed by atoms with Crippen molar-refractivity contribution < 1.29 is 13.9 Å². The molecule has 9 nitrogen and oxygen atoms in total. The SMILES string of the molecule is COCCn1cnc2c(N3CC4CN(C(=O)c5ccncc5F)CC4C3)ncnc21. The fourth-order valence-electron chi connectivity index (χ4n) is 4.50. The molecule has 2 unspecified atom stereocenters. The normalized spacial score (nSPS) is 20.9. The van der Waals surface area contributed by atoms with Gasteiger partial charge in [0.2, 0.25) is 0 Å². The van der Waals surface area contributed by atoms with E-state index in [9.17, 15) is 9.18 Å². The van der Waals surface area contributed by atoms with Crippen LogP contribution in [0.1, 0.15) is 10.4 Å². The van der Waals surface area contributed by atoms with Crippen molar-refractivity contribution in [3.63, 3.8) is 0 Å². The van der Waals surface area contributed by atoms with Gasteiger partial charge in [-0.2, -0.15) is 0 Å². The number of amides is 1. The second-order valence-electron chi connectivity index (χ2n) is 7.79. The smallest absolute Gasteiger partial charge is 0.256 e. The molecule has 2 atom stereocenters. The predicted molar refractivity (Wildman–Crippen MR) is 106 cm³/mol. The van der Waals surface area contributed by atoms with E-state index in [-0.39, 0.29) is 11.5 Å². The summed E-state index contributed by atoms with van der Waals surface area (Å²) in [5, 5.41) is 0. The van der Waals surface area contributed by atoms with Crippen LogP contribution >= 0.6 is 0 Å². The Kier molecular flexibility index (Phi) is 4.78. The topological polar surface area (TPSA) is 89.3 Å². The number of nitrogens with zero attached hydrogens (tertiary/aromatic N) is 7. The third-order valence-electron chi connectivity index (χ3n) is 5.99. The second kappa shape index (κ2) is 7.60. The Morgan fingerprint density at radius 1 is 1.20 bits per heavy atom. The van der Waals surface area contributed by atoms with Gasteiger partial charge < -0.3 is 19.1 Å². The second-order valence-corrected chi connectivity index (χ2v) is 7.79. The number of hydrogen-bond donors (Lipinski definition) is 0. The molecular formula is C20H22FN7O2. The number of halogens is 1. The van der Waals surface area contributed by atoms with Gasteiger partial charge in [0.05, 0.1) is 24.7 Å². The van der Waals surface area contributed by atoms with Crippen LogP contribution in [0.5, 0.6) is 0 Å². The van der Waals surface area contributed by atoms with Gasteiger partial charge in [-0.15, -0.1) is 0 Å². The molecule has 156 valence electrons. The zero-order chi connectivity index (χ0) is 20.7. The third kappa shape index (κ3) is 3.17. The number of carbonyl (C=O) groups excluding carboxylic acids is 1. The Balaban J connectivity index is 1.31. The van der Waals surface area contributed by atoms with E-state index in [0.717, 1.165) is 36.3 Å². The van der Waals surface area contributed by atoms with Crippen molar-refractivity contribution in [3.8, 4) is 0 Å². The fourth-order valence-corrected chi connectivity index (χ4v) is 4.50. The minimum Gasteiger partial charge on any atom is -0.383 e. The summed E-state index contributed by atoms with van der Waals surface area (Å²) in [6, 6.07) is 1.44. The molecule has 0 N–H and O–H groups in total. The lowest BCUT2D eigenvalue weighted by Crippen LogP contribution is -2.34. The van der Waals surface area contributed by atoms with Gasteiger partial charge >= 0.3 is 0 Å². The Morgan fingerprint density at radius 3 is 2.73 bits per heavy atom. The molecule has 2 aliphatic heterocycles. The van der Waals surface area contributed by atoms with E-state index in [1.54, 1.807) is 24.7 Å². The molecule has 0 aromatic carbocycles. The number of anilines is 1. The van der Waals surface area contributed by atoms with E-state index >= 15 is 0 Å². The number of imidazole rings is 1. The summed E-state index contributed by atoms with van der Waals surface area (Å²) < 4.78 is 21.1. The lowest BCUT2D eigenvalue weighted by Gasteiger charge is -2.22. The fraction of sp³-hybridized carbons (Fsp3) is 0.450. The molecule has 3 aromatic heterocycles. The summed E-state index contributed by atoms with van der Waals surface area (Å²) in [5.74, 6) is 0.619. The monoisotopic (exact) mass is 411 g/mol. The van der Waals surface area contributed by atoms with Crippen molar-refractivity contribution >= 4 is 22.9 Å². The first-order chi connectivity index (χ1) is 14.7. The molecule has 30 heavy (non-hydrogen) atoms. The highest BCUT2D eigenvalue weighted by Gasteiger charge is 2.43. The number of pyridine rings is 1. The lowest BCUT2D eigenvalue weighted by atomic mass is 10.0. The Morgan fingerprint density at radius 2 is 2.00 bits per heavy atom. The first-order valence-electron chi connectivity index (χ1n) is 9.94. The van der Waals surface area contributed by atoms with E-state index in [2.05, 4.69) is 24.8 Å². The molecular weight excluding hydrogens is 389 g/mol. The molecule has 2 aliphatic rings. The number of carbonyl (C=O) groups is 1. The summed E-state index contributed by atoms with van der Waals surface area (Å²) >= 11 is 0. The number of methoxy groups -OCH3 is 1. The zero-order valence-electron chi connectivity index (χ0n) is 16.6. The van der Waals surface area contributed by atoms with Crippen LogP contribution in [-0.2, 0) is 11.3 Å². The van der Waals surface area contributed by atoms with Crippen molar-refractivity contribution in [3.05, 3.63) is 42.5 Å². The molecule has 1 amide bonds. The van der Waals surface area contributed by atoms with Crippen LogP contribution in [-0.4, -0.2) is 75.2 Å². The van der Waals surface area contributed by atoms with Gasteiger partial charge in [-0.3, -0.25) is 9.78 Å². The molecule has 5 rings (SSSR count). The number of ether oxygens (including phenoxy) is 1. The molecule has 10 heteroatoms. The molecule has 0 spiro atoms. The Labute approximate surface area is 172 Å². The molecule has 0 aliphatic carbocycles. The van der Waals surface area contributed by atoms with E-state index < -0.39 is 5.82 Å². The van der Waals surface area contributed by atoms with Crippen LogP contribution in [0.3, 0.4) is 0 Å². The maximum atomic E-state index is 13.9. The van der Waals surface area contributed by atoms with Gasteiger partial charge in [-0.05, 0) is 6.07 Å². The number of aromatic nitrogens is 5. The van der Waals surface area contributed by atoms with E-state index in [4.69, 9.17) is 4.74 Å². The van der Waals surface area contributed by atoms with Crippen LogP contribution in [0.25, 0.3) is 11.2 Å². The summed E-state index contributed by atoms with van der Waals surface area (Å²) in [7, 11) is 1.67. The van der Waals surface area contributed by atoms with Crippen LogP contribution in [0.15, 0.2) is 31.1 Å². The lowest BCUT2D eigenvalue weighted by molar-refractivity contribution is 0.0777. The van der Waals surface area contributed by atoms with Gasteiger partial charge in [0.1, 0.15) is 6.33 Å². The van der Waals surface area contributed by atoms with Crippen molar-refractivity contribution in [2.75, 3.05) is 44.8 Å². The minimum absolute atomic E-state index is 0.0842. The van der Waals surface area contributed by atoms with Gasteiger partial charge in [0.25, 0.3) is 5.91 Å². The molecule has 0 bridgehead atoms. The quantitative estimate of drug-likeness (QED) is 0.624. The molecule has 2 fully saturated rings. The zero-order valence-corrected chi connectivity index (χ0v) is 16.6. The largest absolute Gasteiger partial charge is 0.383 e. The summed E-state index contributed by atoms with van der Waals surface area (Å²) in [6.45, 7) is 4.04. The summed E-state index contributed by atoms with van der Waals surface area (Å²) in [5.41, 5.74) is 1.65. The van der Waals surface area contributed by atoms with Crippen molar-refractivity contribution in [1.29, 1.82) is 0 Å². The number of fused-ring (bicyclic) bond motifs is 2. The maximum absolute atomic E-state index is 13.9. The molecule has 2 saturated heterocycles. The average Bonchev–Trinajstić information content (AvgIpc) is 3.45. The number of rotatable bonds is 5. The van der Waals surface area contributed by atoms with Gasteiger partial charge in [-0.25, -0.2) is 19.3 Å². The highest BCUT2D eigenvalue weighted by molar-refractivity contribution is 5.94. The number of hydrogen-bond acceptors (Lipinski definition) is 7. The van der Waals surface area contributed by atoms with E-state index in [1.807, 2.05) is 4.57 Å². The average molecular weight is 411 g/mol. The van der Waals surface area contributed by atoms with Crippen molar-refractivity contribution in [2.24, 2.45) is 11.8 Å². The van der Waals surface area contributed by atoms with Crippen LogP contribution in [0, 0.1) is 17.7 Å². The van der Waals surface area contributed by atoms with Gasteiger partial charge in [0.15, 0.2) is 22.8 Å². The minimum atomic E-state index is -0.575. The van der Waals surface area contributed by atoms with Crippen LogP contribution < -0.4 is 4.90 Å². The van der Waals surface area contributed by atoms with Gasteiger partial charge in [0, 0.05) is 57.9 Å². The Bertz CT molecular complexity index is 1070. The molecule has 0 radical (unpaired) electrons. The molecule has 0 saturated carbocycles. The van der Waals surface area contributed by atoms with Crippen molar-refractivity contribution in [1.82, 2.24) is 29.4 Å². The van der Waals surface area contributed by atoms with Crippen LogP contribution in [0.2, 0.25) is 0 Å². The molecule has 3 aromatic rings. The summed E-state index contributed by atoms with van der Waals surface area (Å²) in [4.78, 5) is 33.8. The predicted octanol–water partition coefficient (Wildman–Crippen LogP) is 1.22. The highest BCUT2D eigenvalue weighted by Crippen LogP contribution is 2.35. The standard InChI is InChI=1S/C20H22FN7O2/c1-30-5-4-26-12-25-17-18(26)23-11-24-19(17)27-7-13-9-28(10-14(13)8-27)20(29)15-2-3-22-6-16(15)21/h2-3,6,11-14H,4-5,7-10H2,1H3. The molecule has 5 heterocycles. The highest BCUT2D eigenvalue weighted by atomic mass is 19.1. The first-order valence-corrected chi connectivity index (χ1v) is 9.94.